The maximum atomic E-state index is 13.8. The Morgan fingerprint density at radius 1 is 1.25 bits per heavy atom. The third kappa shape index (κ3) is 2.74. The average Bonchev–Trinajstić information content (AvgIpc) is 3.16. The van der Waals surface area contributed by atoms with E-state index in [1.165, 1.54) is 42.3 Å². The Kier molecular flexibility index (Phi) is 3.92. The fourth-order valence-electron chi connectivity index (χ4n) is 3.60. The van der Waals surface area contributed by atoms with Crippen LogP contribution in [-0.4, -0.2) is 38.3 Å². The van der Waals surface area contributed by atoms with Gasteiger partial charge in [-0.1, -0.05) is 6.42 Å². The molecule has 6 nitrogen and oxygen atoms in total. The summed E-state index contributed by atoms with van der Waals surface area (Å²) < 4.78 is 15.1. The highest BCUT2D eigenvalue weighted by Crippen LogP contribution is 2.37. The normalized spacial score (nSPS) is 20.9. The van der Waals surface area contributed by atoms with Crippen molar-refractivity contribution in [2.75, 3.05) is 11.9 Å². The van der Waals surface area contributed by atoms with E-state index in [0.29, 0.717) is 17.8 Å². The molecule has 0 radical (unpaired) electrons. The van der Waals surface area contributed by atoms with Crippen LogP contribution in [0.5, 0.6) is 0 Å². The summed E-state index contributed by atoms with van der Waals surface area (Å²) >= 11 is 0. The van der Waals surface area contributed by atoms with Gasteiger partial charge < -0.3 is 4.90 Å². The number of hydrogen-bond donors (Lipinski definition) is 1. The fourth-order valence-corrected chi connectivity index (χ4v) is 3.60. The quantitative estimate of drug-likeness (QED) is 0.940. The SMILES string of the molecule is O=C(Nc1ccn(-c2ncccc2F)n1)N1CCCC1C1CCC1. The molecule has 1 atom stereocenters. The molecule has 24 heavy (non-hydrogen) atoms. The number of aromatic nitrogens is 3. The first-order valence-corrected chi connectivity index (χ1v) is 8.46. The Balaban J connectivity index is 1.46. The summed E-state index contributed by atoms with van der Waals surface area (Å²) in [7, 11) is 0. The summed E-state index contributed by atoms with van der Waals surface area (Å²) in [6.45, 7) is 0.794. The van der Waals surface area contributed by atoms with Crippen LogP contribution in [0, 0.1) is 11.7 Å². The number of rotatable bonds is 3. The number of likely N-dealkylation sites (tertiary alicyclic amines) is 1. The first-order chi connectivity index (χ1) is 11.7. The van der Waals surface area contributed by atoms with Gasteiger partial charge in [0.05, 0.1) is 0 Å². The van der Waals surface area contributed by atoms with E-state index in [9.17, 15) is 9.18 Å². The van der Waals surface area contributed by atoms with Gasteiger partial charge in [0.15, 0.2) is 17.5 Å². The van der Waals surface area contributed by atoms with Gasteiger partial charge in [0.25, 0.3) is 0 Å². The van der Waals surface area contributed by atoms with Crippen molar-refractivity contribution >= 4 is 11.8 Å². The van der Waals surface area contributed by atoms with Crippen molar-refractivity contribution < 1.29 is 9.18 Å². The standard InChI is InChI=1S/C17H20FN5O/c18-13-6-2-9-19-16(13)23-11-8-15(21-23)20-17(24)22-10-3-7-14(22)12-4-1-5-12/h2,6,8-9,11-12,14H,1,3-5,7,10H2,(H,20,21,24). The van der Waals surface area contributed by atoms with Gasteiger partial charge in [-0.25, -0.2) is 18.9 Å². The van der Waals surface area contributed by atoms with E-state index in [2.05, 4.69) is 15.4 Å². The molecule has 126 valence electrons. The lowest BCUT2D eigenvalue weighted by Gasteiger charge is -2.36. The molecular weight excluding hydrogens is 309 g/mol. The molecule has 1 aliphatic carbocycles. The summed E-state index contributed by atoms with van der Waals surface area (Å²) in [6.07, 6.45) is 8.97. The minimum absolute atomic E-state index is 0.115. The first-order valence-electron chi connectivity index (χ1n) is 8.46. The number of urea groups is 1. The molecule has 1 saturated carbocycles. The third-order valence-electron chi connectivity index (χ3n) is 5.03. The Hall–Kier alpha value is -2.44. The second-order valence-electron chi connectivity index (χ2n) is 6.48. The lowest BCUT2D eigenvalue weighted by molar-refractivity contribution is 0.148. The Labute approximate surface area is 139 Å². The molecule has 2 aliphatic rings. The topological polar surface area (TPSA) is 63.1 Å². The van der Waals surface area contributed by atoms with Gasteiger partial charge in [0.1, 0.15) is 0 Å². The van der Waals surface area contributed by atoms with Crippen LogP contribution in [0.1, 0.15) is 32.1 Å². The van der Waals surface area contributed by atoms with E-state index in [4.69, 9.17) is 0 Å². The minimum atomic E-state index is -0.455. The van der Waals surface area contributed by atoms with Crippen molar-refractivity contribution in [3.8, 4) is 5.82 Å². The zero-order chi connectivity index (χ0) is 16.5. The Morgan fingerprint density at radius 3 is 2.88 bits per heavy atom. The first kappa shape index (κ1) is 15.1. The molecule has 1 unspecified atom stereocenters. The molecule has 2 aromatic heterocycles. The molecule has 4 rings (SSSR count). The lowest BCUT2D eigenvalue weighted by atomic mass is 9.79. The zero-order valence-corrected chi connectivity index (χ0v) is 13.4. The van der Waals surface area contributed by atoms with E-state index >= 15 is 0 Å². The number of carbonyl (C=O) groups excluding carboxylic acids is 1. The van der Waals surface area contributed by atoms with Crippen LogP contribution in [0.25, 0.3) is 5.82 Å². The van der Waals surface area contributed by atoms with Gasteiger partial charge in [-0.15, -0.1) is 5.10 Å². The molecule has 1 saturated heterocycles. The molecule has 3 heterocycles. The van der Waals surface area contributed by atoms with E-state index in [0.717, 1.165) is 19.4 Å². The van der Waals surface area contributed by atoms with Crippen molar-refractivity contribution in [1.82, 2.24) is 19.7 Å². The van der Waals surface area contributed by atoms with E-state index in [1.54, 1.807) is 12.3 Å². The summed E-state index contributed by atoms with van der Waals surface area (Å²) in [5.41, 5.74) is 0. The van der Waals surface area contributed by atoms with Crippen LogP contribution >= 0.6 is 0 Å². The maximum Gasteiger partial charge on any atom is 0.323 e. The smallest absolute Gasteiger partial charge is 0.321 e. The molecule has 2 fully saturated rings. The highest BCUT2D eigenvalue weighted by atomic mass is 19.1. The lowest BCUT2D eigenvalue weighted by Crippen LogP contribution is -2.44. The predicted molar refractivity (Wildman–Crippen MR) is 87.4 cm³/mol. The van der Waals surface area contributed by atoms with Crippen molar-refractivity contribution in [2.24, 2.45) is 5.92 Å². The fraction of sp³-hybridized carbons (Fsp3) is 0.471. The van der Waals surface area contributed by atoms with Crippen molar-refractivity contribution in [3.05, 3.63) is 36.4 Å². The van der Waals surface area contributed by atoms with Gasteiger partial charge in [-0.2, -0.15) is 0 Å². The number of halogens is 1. The highest BCUT2D eigenvalue weighted by molar-refractivity contribution is 5.88. The number of pyridine rings is 1. The van der Waals surface area contributed by atoms with E-state index in [-0.39, 0.29) is 11.8 Å². The average molecular weight is 329 g/mol. The largest absolute Gasteiger partial charge is 0.323 e. The third-order valence-corrected chi connectivity index (χ3v) is 5.03. The molecule has 1 N–H and O–H groups in total. The summed E-state index contributed by atoms with van der Waals surface area (Å²) in [6, 6.07) is 4.75. The number of hydrogen-bond acceptors (Lipinski definition) is 3. The van der Waals surface area contributed by atoms with Crippen LogP contribution in [0.2, 0.25) is 0 Å². The van der Waals surface area contributed by atoms with Crippen molar-refractivity contribution in [1.29, 1.82) is 0 Å². The van der Waals surface area contributed by atoms with Crippen LogP contribution in [0.15, 0.2) is 30.6 Å². The molecule has 2 aromatic rings. The monoisotopic (exact) mass is 329 g/mol. The Morgan fingerprint density at radius 2 is 2.12 bits per heavy atom. The van der Waals surface area contributed by atoms with Gasteiger partial charge in [0.2, 0.25) is 0 Å². The van der Waals surface area contributed by atoms with Crippen LogP contribution in [0.3, 0.4) is 0 Å². The number of nitrogens with zero attached hydrogens (tertiary/aromatic N) is 4. The summed E-state index contributed by atoms with van der Waals surface area (Å²) in [4.78, 5) is 18.5. The number of nitrogens with one attached hydrogen (secondary N) is 1. The van der Waals surface area contributed by atoms with Gasteiger partial charge in [-0.05, 0) is 43.7 Å². The maximum absolute atomic E-state index is 13.8. The second-order valence-corrected chi connectivity index (χ2v) is 6.48. The molecule has 0 bridgehead atoms. The molecule has 2 amide bonds. The van der Waals surface area contributed by atoms with E-state index < -0.39 is 5.82 Å². The van der Waals surface area contributed by atoms with Gasteiger partial charge in [0, 0.05) is 31.0 Å². The second kappa shape index (κ2) is 6.22. The van der Waals surface area contributed by atoms with Gasteiger partial charge >= 0.3 is 6.03 Å². The number of anilines is 1. The molecule has 7 heteroatoms. The summed E-state index contributed by atoms with van der Waals surface area (Å²) in [5.74, 6) is 0.720. The highest BCUT2D eigenvalue weighted by Gasteiger charge is 2.37. The Bertz CT molecular complexity index is 742. The van der Waals surface area contributed by atoms with Crippen LogP contribution < -0.4 is 5.32 Å². The van der Waals surface area contributed by atoms with Crippen LogP contribution in [0.4, 0.5) is 15.0 Å². The van der Waals surface area contributed by atoms with Crippen molar-refractivity contribution in [2.45, 2.75) is 38.1 Å². The number of carbonyl (C=O) groups is 1. The predicted octanol–water partition coefficient (Wildman–Crippen LogP) is 3.20. The molecule has 1 aliphatic heterocycles. The van der Waals surface area contributed by atoms with E-state index in [1.807, 2.05) is 4.90 Å². The molecule has 0 spiro atoms. The summed E-state index contributed by atoms with van der Waals surface area (Å²) in [5, 5.41) is 7.04. The van der Waals surface area contributed by atoms with Crippen molar-refractivity contribution in [3.63, 3.8) is 0 Å². The van der Waals surface area contributed by atoms with Gasteiger partial charge in [-0.3, -0.25) is 5.32 Å². The molecular formula is C17H20FN5O. The van der Waals surface area contributed by atoms with Crippen LogP contribution in [-0.2, 0) is 0 Å². The molecule has 0 aromatic carbocycles. The number of amides is 2. The minimum Gasteiger partial charge on any atom is -0.321 e. The zero-order valence-electron chi connectivity index (χ0n) is 13.4.